The minimum atomic E-state index is 0.109. The van der Waals surface area contributed by atoms with Gasteiger partial charge in [-0.15, -0.1) is 0 Å². The van der Waals surface area contributed by atoms with Gasteiger partial charge < -0.3 is 9.47 Å². The van der Waals surface area contributed by atoms with Gasteiger partial charge in [0.05, 0.1) is 11.0 Å². The highest BCUT2D eigenvalue weighted by atomic mass is 35.5. The van der Waals surface area contributed by atoms with Gasteiger partial charge >= 0.3 is 0 Å². The minimum Gasteiger partial charge on any atom is -0.328 e. The number of amides is 1. The lowest BCUT2D eigenvalue weighted by Crippen LogP contribution is -2.24. The Morgan fingerprint density at radius 1 is 0.789 bits per heavy atom. The van der Waals surface area contributed by atoms with Gasteiger partial charge in [-0.2, -0.15) is 0 Å². The number of unbranched alkanes of at least 4 members (excludes halogenated alkanes) is 13. The first-order valence-corrected chi connectivity index (χ1v) is 15.6. The second-order valence-electron chi connectivity index (χ2n) is 11.1. The van der Waals surface area contributed by atoms with Crippen LogP contribution in [0, 0.1) is 0 Å². The quantitative estimate of drug-likeness (QED) is 0.161. The lowest BCUT2D eigenvalue weighted by molar-refractivity contribution is -0.117. The van der Waals surface area contributed by atoms with E-state index in [9.17, 15) is 4.79 Å². The molecule has 0 radical (unpaired) electrons. The molecule has 0 aliphatic carbocycles. The van der Waals surface area contributed by atoms with Crippen LogP contribution in [-0.2, 0) is 11.3 Å². The van der Waals surface area contributed by atoms with Crippen molar-refractivity contribution in [2.45, 2.75) is 116 Å². The fraction of sp³-hybridized carbons (Fsp3) is 0.576. The van der Waals surface area contributed by atoms with Gasteiger partial charge in [-0.25, -0.2) is 4.98 Å². The Morgan fingerprint density at radius 3 is 2.00 bits per heavy atom. The number of benzene rings is 2. The van der Waals surface area contributed by atoms with Crippen molar-refractivity contribution in [1.29, 1.82) is 0 Å². The first-order chi connectivity index (χ1) is 18.7. The van der Waals surface area contributed by atoms with Crippen molar-refractivity contribution >= 4 is 34.2 Å². The standard InChI is InChI=1S/C33H46ClN3O/c1-2-3-4-5-6-7-8-9-10-11-12-13-14-17-24-36-31-19-16-15-18-30(31)35-33(36)27-25-32(38)37(26-27)29-22-20-28(34)21-23-29/h15-16,18-23,27H,2-14,17,24-26H2,1H3. The topological polar surface area (TPSA) is 38.1 Å². The van der Waals surface area contributed by atoms with Crippen molar-refractivity contribution in [3.8, 4) is 0 Å². The van der Waals surface area contributed by atoms with Gasteiger partial charge in [0.1, 0.15) is 5.82 Å². The number of hydrogen-bond acceptors (Lipinski definition) is 2. The minimum absolute atomic E-state index is 0.109. The van der Waals surface area contributed by atoms with E-state index in [1.165, 1.54) is 89.0 Å². The molecule has 1 saturated heterocycles. The van der Waals surface area contributed by atoms with Crippen LogP contribution in [0.2, 0.25) is 5.02 Å². The number of hydrogen-bond donors (Lipinski definition) is 0. The van der Waals surface area contributed by atoms with Crippen LogP contribution in [0.15, 0.2) is 48.5 Å². The van der Waals surface area contributed by atoms with Crippen molar-refractivity contribution < 1.29 is 4.79 Å². The van der Waals surface area contributed by atoms with Crippen LogP contribution >= 0.6 is 11.6 Å². The van der Waals surface area contributed by atoms with E-state index in [0.29, 0.717) is 18.0 Å². The summed E-state index contributed by atoms with van der Waals surface area (Å²) in [4.78, 5) is 19.8. The van der Waals surface area contributed by atoms with Gasteiger partial charge in [-0.05, 0) is 42.8 Å². The number of para-hydroxylation sites is 2. The molecule has 38 heavy (non-hydrogen) atoms. The predicted molar refractivity (Wildman–Crippen MR) is 161 cm³/mol. The number of carbonyl (C=O) groups excluding carboxylic acids is 1. The molecule has 1 aliphatic rings. The number of aromatic nitrogens is 2. The molecular formula is C33H46ClN3O. The summed E-state index contributed by atoms with van der Waals surface area (Å²) in [5, 5.41) is 0.687. The van der Waals surface area contributed by atoms with Crippen molar-refractivity contribution in [2.75, 3.05) is 11.4 Å². The molecule has 1 atom stereocenters. The van der Waals surface area contributed by atoms with Crippen molar-refractivity contribution in [2.24, 2.45) is 0 Å². The molecule has 1 amide bonds. The highest BCUT2D eigenvalue weighted by Gasteiger charge is 2.34. The fourth-order valence-electron chi connectivity index (χ4n) is 5.86. The molecule has 0 saturated carbocycles. The smallest absolute Gasteiger partial charge is 0.227 e. The zero-order valence-electron chi connectivity index (χ0n) is 23.3. The summed E-state index contributed by atoms with van der Waals surface area (Å²) in [5.74, 6) is 1.33. The molecule has 5 heteroatoms. The van der Waals surface area contributed by atoms with E-state index in [0.717, 1.165) is 30.0 Å². The molecule has 0 N–H and O–H groups in total. The van der Waals surface area contributed by atoms with Gasteiger partial charge in [0.25, 0.3) is 0 Å². The molecule has 1 aromatic heterocycles. The summed E-state index contributed by atoms with van der Waals surface area (Å²) < 4.78 is 2.39. The molecule has 1 unspecified atom stereocenters. The fourth-order valence-corrected chi connectivity index (χ4v) is 5.98. The molecule has 2 aromatic carbocycles. The number of carbonyl (C=O) groups is 1. The maximum atomic E-state index is 12.9. The number of anilines is 1. The SMILES string of the molecule is CCCCCCCCCCCCCCCCn1c(C2CC(=O)N(c3ccc(Cl)cc3)C2)nc2ccccc21. The first kappa shape index (κ1) is 28.7. The van der Waals surface area contributed by atoms with Gasteiger partial charge in [-0.1, -0.05) is 114 Å². The van der Waals surface area contributed by atoms with Gasteiger partial charge in [0.15, 0.2) is 0 Å². The van der Waals surface area contributed by atoms with Crippen LogP contribution in [0.25, 0.3) is 11.0 Å². The van der Waals surface area contributed by atoms with Crippen LogP contribution in [0.5, 0.6) is 0 Å². The largest absolute Gasteiger partial charge is 0.328 e. The Morgan fingerprint density at radius 2 is 1.37 bits per heavy atom. The summed E-state index contributed by atoms with van der Waals surface area (Å²) in [6.45, 7) is 3.93. The van der Waals surface area contributed by atoms with Gasteiger partial charge in [0, 0.05) is 36.1 Å². The van der Waals surface area contributed by atoms with Crippen LogP contribution in [-0.4, -0.2) is 22.0 Å². The Hall–Kier alpha value is -2.33. The van der Waals surface area contributed by atoms with Crippen molar-refractivity contribution in [3.63, 3.8) is 0 Å². The molecule has 1 fully saturated rings. The molecule has 0 bridgehead atoms. The number of rotatable bonds is 17. The number of aryl methyl sites for hydroxylation is 1. The molecule has 0 spiro atoms. The third-order valence-electron chi connectivity index (χ3n) is 8.05. The number of imidazole rings is 1. The maximum Gasteiger partial charge on any atom is 0.227 e. The lowest BCUT2D eigenvalue weighted by Gasteiger charge is -2.17. The second kappa shape index (κ2) is 15.3. The summed E-state index contributed by atoms with van der Waals surface area (Å²) in [6.07, 6.45) is 19.6. The number of fused-ring (bicyclic) bond motifs is 1. The highest BCUT2D eigenvalue weighted by molar-refractivity contribution is 6.30. The zero-order valence-corrected chi connectivity index (χ0v) is 24.1. The third-order valence-corrected chi connectivity index (χ3v) is 8.30. The monoisotopic (exact) mass is 535 g/mol. The van der Waals surface area contributed by atoms with Gasteiger partial charge in [-0.3, -0.25) is 4.79 Å². The van der Waals surface area contributed by atoms with E-state index in [4.69, 9.17) is 16.6 Å². The van der Waals surface area contributed by atoms with E-state index in [1.807, 2.05) is 29.2 Å². The van der Waals surface area contributed by atoms with Crippen LogP contribution in [0.3, 0.4) is 0 Å². The van der Waals surface area contributed by atoms with E-state index in [-0.39, 0.29) is 11.8 Å². The maximum absolute atomic E-state index is 12.9. The predicted octanol–water partition coefficient (Wildman–Crippen LogP) is 9.69. The average Bonchev–Trinajstić information content (AvgIpc) is 3.49. The summed E-state index contributed by atoms with van der Waals surface area (Å²) in [7, 11) is 0. The summed E-state index contributed by atoms with van der Waals surface area (Å²) in [6, 6.07) is 16.0. The van der Waals surface area contributed by atoms with Crippen molar-refractivity contribution in [3.05, 3.63) is 59.4 Å². The molecular weight excluding hydrogens is 490 g/mol. The summed E-state index contributed by atoms with van der Waals surface area (Å²) in [5.41, 5.74) is 3.14. The molecule has 4 rings (SSSR count). The number of nitrogens with zero attached hydrogens (tertiary/aromatic N) is 3. The Kier molecular flexibility index (Phi) is 11.6. The summed E-state index contributed by atoms with van der Waals surface area (Å²) >= 11 is 6.06. The average molecular weight is 536 g/mol. The molecule has 3 aromatic rings. The van der Waals surface area contributed by atoms with Crippen LogP contribution < -0.4 is 4.90 Å². The van der Waals surface area contributed by atoms with Crippen LogP contribution in [0.4, 0.5) is 5.69 Å². The Bertz CT molecular complexity index is 1120. The normalized spacial score (nSPS) is 15.7. The third kappa shape index (κ3) is 8.09. The van der Waals surface area contributed by atoms with Crippen LogP contribution in [0.1, 0.15) is 115 Å². The van der Waals surface area contributed by atoms with Gasteiger partial charge in [0.2, 0.25) is 5.91 Å². The lowest BCUT2D eigenvalue weighted by atomic mass is 10.0. The molecule has 1 aliphatic heterocycles. The van der Waals surface area contributed by atoms with E-state index >= 15 is 0 Å². The second-order valence-corrected chi connectivity index (χ2v) is 11.5. The molecule has 206 valence electrons. The van der Waals surface area contributed by atoms with E-state index < -0.39 is 0 Å². The molecule has 2 heterocycles. The highest BCUT2D eigenvalue weighted by Crippen LogP contribution is 2.34. The van der Waals surface area contributed by atoms with E-state index in [1.54, 1.807) is 0 Å². The Labute approximate surface area is 234 Å². The number of halogens is 1. The van der Waals surface area contributed by atoms with Crippen molar-refractivity contribution in [1.82, 2.24) is 9.55 Å². The zero-order chi connectivity index (χ0) is 26.6. The Balaban J connectivity index is 1.22. The molecule has 4 nitrogen and oxygen atoms in total. The first-order valence-electron chi connectivity index (χ1n) is 15.2. The van der Waals surface area contributed by atoms with E-state index in [2.05, 4.69) is 35.8 Å².